The minimum atomic E-state index is -0.00383. The van der Waals surface area contributed by atoms with E-state index in [1.807, 2.05) is 41.1 Å². The Labute approximate surface area is 188 Å². The van der Waals surface area contributed by atoms with Crippen LogP contribution in [0.4, 0.5) is 5.69 Å². The number of carbonyl (C=O) groups excluding carboxylic acids is 1. The minimum Gasteiger partial charge on any atom is -0.493 e. The smallest absolute Gasteiger partial charge is 0.225 e. The van der Waals surface area contributed by atoms with E-state index in [4.69, 9.17) is 9.47 Å². The summed E-state index contributed by atoms with van der Waals surface area (Å²) in [4.78, 5) is 16.8. The number of methoxy groups -OCH3 is 1. The molecule has 4 rings (SSSR count). The Morgan fingerprint density at radius 2 is 2.13 bits per heavy atom. The molecule has 1 fully saturated rings. The summed E-state index contributed by atoms with van der Waals surface area (Å²) in [5.41, 5.74) is 2.37. The van der Waals surface area contributed by atoms with Crippen LogP contribution in [0.1, 0.15) is 25.0 Å². The molecule has 1 saturated heterocycles. The number of nitrogens with one attached hydrogen (secondary N) is 2. The van der Waals surface area contributed by atoms with Gasteiger partial charge in [-0.1, -0.05) is 6.07 Å². The SMILES string of the molecule is COc1ccc(NC(=O)CC2CCCN2)cc1OCc1cn2ccccc2n1.Cl.Cl. The maximum Gasteiger partial charge on any atom is 0.225 e. The van der Waals surface area contributed by atoms with Crippen molar-refractivity contribution in [3.63, 3.8) is 0 Å². The normalized spacial score (nSPS) is 15.2. The molecule has 162 valence electrons. The van der Waals surface area contributed by atoms with Crippen molar-refractivity contribution in [2.75, 3.05) is 19.0 Å². The van der Waals surface area contributed by atoms with Crippen LogP contribution >= 0.6 is 24.8 Å². The summed E-state index contributed by atoms with van der Waals surface area (Å²) in [7, 11) is 1.59. The number of benzene rings is 1. The van der Waals surface area contributed by atoms with Crippen molar-refractivity contribution in [1.82, 2.24) is 14.7 Å². The summed E-state index contributed by atoms with van der Waals surface area (Å²) in [6, 6.07) is 11.5. The van der Waals surface area contributed by atoms with Crippen LogP contribution in [0.25, 0.3) is 5.65 Å². The van der Waals surface area contributed by atoms with Crippen LogP contribution in [0.15, 0.2) is 48.8 Å². The molecule has 0 bridgehead atoms. The first kappa shape index (κ1) is 23.8. The number of carbonyl (C=O) groups is 1. The lowest BCUT2D eigenvalue weighted by Crippen LogP contribution is -2.27. The highest BCUT2D eigenvalue weighted by Gasteiger charge is 2.18. The van der Waals surface area contributed by atoms with Gasteiger partial charge in [0.05, 0.1) is 12.8 Å². The van der Waals surface area contributed by atoms with Gasteiger partial charge in [-0.05, 0) is 43.7 Å². The highest BCUT2D eigenvalue weighted by molar-refractivity contribution is 5.91. The van der Waals surface area contributed by atoms with Crippen LogP contribution in [-0.2, 0) is 11.4 Å². The predicted octanol–water partition coefficient (Wildman–Crippen LogP) is 3.85. The number of halogens is 2. The van der Waals surface area contributed by atoms with Crippen LogP contribution in [0.5, 0.6) is 11.5 Å². The average molecular weight is 453 g/mol. The topological polar surface area (TPSA) is 76.9 Å². The Morgan fingerprint density at radius 1 is 1.27 bits per heavy atom. The molecule has 1 atom stereocenters. The third kappa shape index (κ3) is 5.78. The van der Waals surface area contributed by atoms with Crippen LogP contribution in [0.2, 0.25) is 0 Å². The first-order valence-electron chi connectivity index (χ1n) is 9.48. The Kier molecular flexibility index (Phi) is 8.77. The lowest BCUT2D eigenvalue weighted by Gasteiger charge is -2.14. The molecule has 1 unspecified atom stereocenters. The molecule has 0 aliphatic carbocycles. The van der Waals surface area contributed by atoms with Crippen molar-refractivity contribution in [3.8, 4) is 11.5 Å². The molecule has 2 aromatic heterocycles. The molecule has 0 radical (unpaired) electrons. The number of ether oxygens (including phenoxy) is 2. The number of imidazole rings is 1. The molecule has 1 aromatic carbocycles. The van der Waals surface area contributed by atoms with Crippen LogP contribution in [0, 0.1) is 0 Å². The number of nitrogens with zero attached hydrogens (tertiary/aromatic N) is 2. The number of anilines is 1. The van der Waals surface area contributed by atoms with E-state index in [2.05, 4.69) is 15.6 Å². The molecular weight excluding hydrogens is 427 g/mol. The number of hydrogen-bond acceptors (Lipinski definition) is 5. The van der Waals surface area contributed by atoms with Crippen LogP contribution in [-0.4, -0.2) is 35.0 Å². The maximum atomic E-state index is 12.3. The molecule has 30 heavy (non-hydrogen) atoms. The van der Waals surface area contributed by atoms with Gasteiger partial charge >= 0.3 is 0 Å². The minimum absolute atomic E-state index is 0. The van der Waals surface area contributed by atoms with Gasteiger partial charge < -0.3 is 24.5 Å². The molecule has 2 N–H and O–H groups in total. The van der Waals surface area contributed by atoms with E-state index >= 15 is 0 Å². The molecule has 1 aliphatic heterocycles. The van der Waals surface area contributed by atoms with Crippen molar-refractivity contribution >= 4 is 42.1 Å². The first-order chi connectivity index (χ1) is 13.7. The van der Waals surface area contributed by atoms with Gasteiger partial charge in [0.25, 0.3) is 0 Å². The molecule has 0 saturated carbocycles. The summed E-state index contributed by atoms with van der Waals surface area (Å²) in [5, 5.41) is 6.28. The maximum absolute atomic E-state index is 12.3. The molecule has 1 amide bonds. The van der Waals surface area contributed by atoms with Crippen LogP contribution in [0.3, 0.4) is 0 Å². The van der Waals surface area contributed by atoms with E-state index in [1.165, 1.54) is 0 Å². The quantitative estimate of drug-likeness (QED) is 0.569. The fourth-order valence-electron chi connectivity index (χ4n) is 3.44. The molecular formula is C21H26Cl2N4O3. The Bertz CT molecular complexity index is 941. The van der Waals surface area contributed by atoms with E-state index < -0.39 is 0 Å². The molecule has 3 heterocycles. The van der Waals surface area contributed by atoms with Gasteiger partial charge in [0.1, 0.15) is 12.3 Å². The van der Waals surface area contributed by atoms with Crippen LogP contribution < -0.4 is 20.1 Å². The van der Waals surface area contributed by atoms with Gasteiger partial charge in [0, 0.05) is 36.6 Å². The van der Waals surface area contributed by atoms with Crippen molar-refractivity contribution < 1.29 is 14.3 Å². The zero-order valence-electron chi connectivity index (χ0n) is 16.7. The molecule has 0 spiro atoms. The summed E-state index contributed by atoms with van der Waals surface area (Å²) in [5.74, 6) is 1.17. The summed E-state index contributed by atoms with van der Waals surface area (Å²) in [6.45, 7) is 1.29. The standard InChI is InChI=1S/C21H24N4O3.2ClH/c1-27-18-8-7-16(24-21(26)12-15-5-4-9-22-15)11-19(18)28-14-17-13-25-10-3-2-6-20(25)23-17;;/h2-3,6-8,10-11,13,15,22H,4-5,9,12,14H2,1H3,(H,24,26);2*1H. The number of pyridine rings is 1. The first-order valence-corrected chi connectivity index (χ1v) is 9.48. The second-order valence-electron chi connectivity index (χ2n) is 6.90. The number of hydrogen-bond donors (Lipinski definition) is 2. The fourth-order valence-corrected chi connectivity index (χ4v) is 3.44. The van der Waals surface area contributed by atoms with Gasteiger partial charge in [-0.15, -0.1) is 24.8 Å². The van der Waals surface area contributed by atoms with Crippen molar-refractivity contribution in [2.24, 2.45) is 0 Å². The van der Waals surface area contributed by atoms with Gasteiger partial charge in [-0.3, -0.25) is 4.79 Å². The number of amides is 1. The van der Waals surface area contributed by atoms with Crippen molar-refractivity contribution in [2.45, 2.75) is 31.9 Å². The van der Waals surface area contributed by atoms with Crippen molar-refractivity contribution in [1.29, 1.82) is 0 Å². The monoisotopic (exact) mass is 452 g/mol. The third-order valence-electron chi connectivity index (χ3n) is 4.83. The summed E-state index contributed by atoms with van der Waals surface area (Å²) in [6.07, 6.45) is 6.53. The zero-order valence-corrected chi connectivity index (χ0v) is 18.3. The van der Waals surface area contributed by atoms with E-state index in [-0.39, 0.29) is 36.8 Å². The summed E-state index contributed by atoms with van der Waals surface area (Å²) >= 11 is 0. The van der Waals surface area contributed by atoms with E-state index in [1.54, 1.807) is 19.2 Å². The average Bonchev–Trinajstić information content (AvgIpc) is 3.35. The molecule has 7 nitrogen and oxygen atoms in total. The Hall–Kier alpha value is -2.48. The summed E-state index contributed by atoms with van der Waals surface area (Å²) < 4.78 is 13.3. The highest BCUT2D eigenvalue weighted by atomic mass is 35.5. The number of aromatic nitrogens is 2. The van der Waals surface area contributed by atoms with Gasteiger partial charge in [0.15, 0.2) is 11.5 Å². The van der Waals surface area contributed by atoms with E-state index in [0.717, 1.165) is 30.7 Å². The lowest BCUT2D eigenvalue weighted by atomic mass is 10.1. The van der Waals surface area contributed by atoms with Gasteiger partial charge in [0.2, 0.25) is 5.91 Å². The Morgan fingerprint density at radius 3 is 2.87 bits per heavy atom. The molecule has 9 heteroatoms. The zero-order chi connectivity index (χ0) is 19.3. The highest BCUT2D eigenvalue weighted by Crippen LogP contribution is 2.31. The number of fused-ring (bicyclic) bond motifs is 1. The lowest BCUT2D eigenvalue weighted by molar-refractivity contribution is -0.116. The van der Waals surface area contributed by atoms with Crippen molar-refractivity contribution in [3.05, 3.63) is 54.5 Å². The van der Waals surface area contributed by atoms with E-state index in [9.17, 15) is 4.79 Å². The fraction of sp³-hybridized carbons (Fsp3) is 0.333. The second kappa shape index (κ2) is 11.1. The Balaban J connectivity index is 0.00000160. The molecule has 1 aliphatic rings. The number of rotatable bonds is 7. The molecule has 3 aromatic rings. The largest absolute Gasteiger partial charge is 0.493 e. The predicted molar refractivity (Wildman–Crippen MR) is 121 cm³/mol. The second-order valence-corrected chi connectivity index (χ2v) is 6.90. The van der Waals surface area contributed by atoms with E-state index in [0.29, 0.717) is 30.2 Å². The third-order valence-corrected chi connectivity index (χ3v) is 4.83. The van der Waals surface area contributed by atoms with Gasteiger partial charge in [-0.25, -0.2) is 4.98 Å². The van der Waals surface area contributed by atoms with Gasteiger partial charge in [-0.2, -0.15) is 0 Å².